The van der Waals surface area contributed by atoms with Crippen molar-refractivity contribution >= 4 is 7.85 Å². The monoisotopic (exact) mass is 227 g/mol. The molecule has 2 radical (unpaired) electrons. The number of methoxy groups -OCH3 is 1. The van der Waals surface area contributed by atoms with Gasteiger partial charge in [0.05, 0.1) is 19.3 Å². The van der Waals surface area contributed by atoms with Gasteiger partial charge in [0.15, 0.2) is 0 Å². The van der Waals surface area contributed by atoms with Crippen molar-refractivity contribution in [2.45, 2.75) is 24.3 Å². The second kappa shape index (κ2) is 5.47. The van der Waals surface area contributed by atoms with E-state index in [9.17, 15) is 5.11 Å². The van der Waals surface area contributed by atoms with Crippen molar-refractivity contribution in [3.05, 3.63) is 0 Å². The highest BCUT2D eigenvalue weighted by Gasteiger charge is 2.41. The molecule has 2 aliphatic heterocycles. The molecule has 0 aliphatic carbocycles. The molecule has 6 heteroatoms. The number of nitrogens with zero attached hydrogens (tertiary/aromatic N) is 1. The molecule has 0 saturated carbocycles. The van der Waals surface area contributed by atoms with Crippen LogP contribution in [0.2, 0.25) is 0 Å². The molecule has 5 nitrogen and oxygen atoms in total. The molecule has 1 N–H and O–H groups in total. The number of aliphatic hydroxyl groups excluding tert-OH is 1. The standard InChI is InChI=1S/C10H18BNO4/c1-14-9-8(13)7(16-10(9)11)6-12-2-4-15-5-3-12/h7-10,13H,2-6H2,1H3/t7-,8?,9+,10-/m1/s1. The second-order valence-corrected chi connectivity index (χ2v) is 4.24. The minimum atomic E-state index is -0.650. The number of aliphatic hydroxyl groups is 1. The van der Waals surface area contributed by atoms with E-state index in [2.05, 4.69) is 4.90 Å². The van der Waals surface area contributed by atoms with Gasteiger partial charge in [-0.05, 0) is 0 Å². The predicted octanol–water partition coefficient (Wildman–Crippen LogP) is -1.41. The molecule has 90 valence electrons. The van der Waals surface area contributed by atoms with Crippen LogP contribution < -0.4 is 0 Å². The summed E-state index contributed by atoms with van der Waals surface area (Å²) in [5.74, 6) is 0. The van der Waals surface area contributed by atoms with Crippen molar-refractivity contribution in [1.29, 1.82) is 0 Å². The Bertz CT molecular complexity index is 225. The number of ether oxygens (including phenoxy) is 3. The normalized spacial score (nSPS) is 41.4. The Hall–Kier alpha value is -0.135. The van der Waals surface area contributed by atoms with Crippen LogP contribution in [-0.2, 0) is 14.2 Å². The highest BCUT2D eigenvalue weighted by molar-refractivity contribution is 6.11. The molecule has 2 fully saturated rings. The quantitative estimate of drug-likeness (QED) is 0.600. The summed E-state index contributed by atoms with van der Waals surface area (Å²) in [6.07, 6.45) is -1.34. The molecule has 2 heterocycles. The summed E-state index contributed by atoms with van der Waals surface area (Å²) in [5, 5.41) is 9.96. The average Bonchev–Trinajstić information content (AvgIpc) is 2.55. The molecular weight excluding hydrogens is 209 g/mol. The van der Waals surface area contributed by atoms with Gasteiger partial charge in [-0.25, -0.2) is 0 Å². The molecule has 16 heavy (non-hydrogen) atoms. The Kier molecular flexibility index (Phi) is 4.21. The third-order valence-electron chi connectivity index (χ3n) is 3.19. The summed E-state index contributed by atoms with van der Waals surface area (Å²) in [6, 6.07) is -0.536. The first kappa shape index (κ1) is 12.3. The topological polar surface area (TPSA) is 51.2 Å². The lowest BCUT2D eigenvalue weighted by Gasteiger charge is -2.29. The number of rotatable bonds is 3. The van der Waals surface area contributed by atoms with Crippen molar-refractivity contribution in [3.63, 3.8) is 0 Å². The summed E-state index contributed by atoms with van der Waals surface area (Å²) in [7, 11) is 7.26. The Morgan fingerprint density at radius 3 is 2.69 bits per heavy atom. The minimum absolute atomic E-state index is 0.266. The molecule has 2 rings (SSSR count). The van der Waals surface area contributed by atoms with Gasteiger partial charge in [0, 0.05) is 32.7 Å². The molecule has 4 atom stereocenters. The largest absolute Gasteiger partial charge is 0.388 e. The van der Waals surface area contributed by atoms with E-state index in [-0.39, 0.29) is 6.10 Å². The van der Waals surface area contributed by atoms with E-state index in [1.807, 2.05) is 0 Å². The van der Waals surface area contributed by atoms with Crippen molar-refractivity contribution in [3.8, 4) is 0 Å². The van der Waals surface area contributed by atoms with Gasteiger partial charge in [0.25, 0.3) is 0 Å². The van der Waals surface area contributed by atoms with Crippen LogP contribution in [0.3, 0.4) is 0 Å². The fourth-order valence-electron chi connectivity index (χ4n) is 2.23. The second-order valence-electron chi connectivity index (χ2n) is 4.24. The van der Waals surface area contributed by atoms with E-state index in [0.717, 1.165) is 26.3 Å². The van der Waals surface area contributed by atoms with Gasteiger partial charge in [0.1, 0.15) is 20.1 Å². The van der Waals surface area contributed by atoms with Crippen LogP contribution >= 0.6 is 0 Å². The Labute approximate surface area is 97.1 Å². The third kappa shape index (κ3) is 2.57. The SMILES string of the molecule is [B][C@@H]1O[C@H](CN2CCOCC2)C(O)[C@@H]1OC. The smallest absolute Gasteiger partial charge is 0.112 e. The zero-order valence-corrected chi connectivity index (χ0v) is 9.54. The van der Waals surface area contributed by atoms with Crippen LogP contribution in [-0.4, -0.2) is 82.1 Å². The first-order chi connectivity index (χ1) is 7.72. The molecule has 0 aromatic heterocycles. The van der Waals surface area contributed by atoms with Gasteiger partial charge in [-0.2, -0.15) is 0 Å². The van der Waals surface area contributed by atoms with Crippen LogP contribution in [0.1, 0.15) is 0 Å². The molecule has 0 aromatic carbocycles. The Morgan fingerprint density at radius 2 is 2.12 bits per heavy atom. The lowest BCUT2D eigenvalue weighted by atomic mass is 9.93. The van der Waals surface area contributed by atoms with Crippen molar-refractivity contribution in [1.82, 2.24) is 4.90 Å². The van der Waals surface area contributed by atoms with Crippen molar-refractivity contribution in [2.24, 2.45) is 0 Å². The first-order valence-electron chi connectivity index (χ1n) is 5.64. The maximum absolute atomic E-state index is 9.96. The lowest BCUT2D eigenvalue weighted by molar-refractivity contribution is -0.0271. The number of hydrogen-bond acceptors (Lipinski definition) is 5. The summed E-state index contributed by atoms with van der Waals surface area (Å²) < 4.78 is 15.9. The highest BCUT2D eigenvalue weighted by atomic mass is 16.6. The summed E-state index contributed by atoms with van der Waals surface area (Å²) in [4.78, 5) is 2.21. The highest BCUT2D eigenvalue weighted by Crippen LogP contribution is 2.22. The lowest BCUT2D eigenvalue weighted by Crippen LogP contribution is -2.45. The Balaban J connectivity index is 1.85. The summed E-state index contributed by atoms with van der Waals surface area (Å²) in [5.41, 5.74) is 0. The van der Waals surface area contributed by atoms with Gasteiger partial charge in [0.2, 0.25) is 0 Å². The average molecular weight is 227 g/mol. The molecule has 0 spiro atoms. The molecule has 0 bridgehead atoms. The molecule has 2 aliphatic rings. The molecular formula is C10H18BNO4. The van der Waals surface area contributed by atoms with E-state index in [1.165, 1.54) is 7.11 Å². The Morgan fingerprint density at radius 1 is 1.44 bits per heavy atom. The van der Waals surface area contributed by atoms with E-state index in [0.29, 0.717) is 6.54 Å². The van der Waals surface area contributed by atoms with E-state index < -0.39 is 18.2 Å². The van der Waals surface area contributed by atoms with Gasteiger partial charge in [-0.15, -0.1) is 0 Å². The first-order valence-corrected chi connectivity index (χ1v) is 5.64. The maximum Gasteiger partial charge on any atom is 0.112 e. The van der Waals surface area contributed by atoms with Gasteiger partial charge < -0.3 is 19.3 Å². The third-order valence-corrected chi connectivity index (χ3v) is 3.19. The summed E-state index contributed by atoms with van der Waals surface area (Å²) >= 11 is 0. The van der Waals surface area contributed by atoms with Crippen LogP contribution in [0.15, 0.2) is 0 Å². The summed E-state index contributed by atoms with van der Waals surface area (Å²) in [6.45, 7) is 3.90. The molecule has 1 unspecified atom stereocenters. The van der Waals surface area contributed by atoms with Gasteiger partial charge in [-0.1, -0.05) is 0 Å². The van der Waals surface area contributed by atoms with Crippen molar-refractivity contribution < 1.29 is 19.3 Å². The van der Waals surface area contributed by atoms with E-state index in [1.54, 1.807) is 0 Å². The van der Waals surface area contributed by atoms with Gasteiger partial charge >= 0.3 is 0 Å². The zero-order chi connectivity index (χ0) is 11.5. The number of hydrogen-bond donors (Lipinski definition) is 1. The molecule has 0 aromatic rings. The van der Waals surface area contributed by atoms with Crippen LogP contribution in [0.4, 0.5) is 0 Å². The predicted molar refractivity (Wildman–Crippen MR) is 58.5 cm³/mol. The fourth-order valence-corrected chi connectivity index (χ4v) is 2.23. The van der Waals surface area contributed by atoms with E-state index in [4.69, 9.17) is 22.1 Å². The van der Waals surface area contributed by atoms with Crippen molar-refractivity contribution in [2.75, 3.05) is 40.0 Å². The minimum Gasteiger partial charge on any atom is -0.388 e. The van der Waals surface area contributed by atoms with Crippen LogP contribution in [0, 0.1) is 0 Å². The van der Waals surface area contributed by atoms with E-state index >= 15 is 0 Å². The molecule has 2 saturated heterocycles. The molecule has 0 amide bonds. The zero-order valence-electron chi connectivity index (χ0n) is 9.54. The number of morpholine rings is 1. The van der Waals surface area contributed by atoms with Crippen LogP contribution in [0.25, 0.3) is 0 Å². The maximum atomic E-state index is 9.96. The fraction of sp³-hybridized carbons (Fsp3) is 1.00. The van der Waals surface area contributed by atoms with Crippen LogP contribution in [0.5, 0.6) is 0 Å². The van der Waals surface area contributed by atoms with Gasteiger partial charge in [-0.3, -0.25) is 4.90 Å².